The minimum atomic E-state index is -4.92. The van der Waals surface area contributed by atoms with Gasteiger partial charge in [-0.25, -0.2) is 4.79 Å². The lowest BCUT2D eigenvalue weighted by molar-refractivity contribution is -0.114. The molecular formula is C35H27N7O10S2. The van der Waals surface area contributed by atoms with Crippen molar-refractivity contribution in [3.63, 3.8) is 0 Å². The lowest BCUT2D eigenvalue weighted by Gasteiger charge is -2.20. The van der Waals surface area contributed by atoms with E-state index < -0.39 is 53.4 Å². The monoisotopic (exact) mass is 769 g/mol. The maximum absolute atomic E-state index is 13.3. The van der Waals surface area contributed by atoms with Gasteiger partial charge in [0.2, 0.25) is 11.7 Å². The number of hydrazone groups is 2. The molecule has 6 rings (SSSR count). The first-order valence-electron chi connectivity index (χ1n) is 15.5. The van der Waals surface area contributed by atoms with Crippen molar-refractivity contribution in [3.8, 4) is 0 Å². The molecule has 0 fully saturated rings. The molecule has 0 heterocycles. The van der Waals surface area contributed by atoms with E-state index in [1.54, 1.807) is 54.6 Å². The Morgan fingerprint density at radius 1 is 0.648 bits per heavy atom. The zero-order valence-corrected chi connectivity index (χ0v) is 29.3. The first-order chi connectivity index (χ1) is 25.5. The van der Waals surface area contributed by atoms with Gasteiger partial charge in [-0.15, -0.1) is 0 Å². The van der Waals surface area contributed by atoms with Crippen molar-refractivity contribution in [1.29, 1.82) is 0 Å². The van der Waals surface area contributed by atoms with Crippen LogP contribution < -0.4 is 26.8 Å². The number of hydrogen-bond acceptors (Lipinski definition) is 12. The predicted octanol–water partition coefficient (Wildman–Crippen LogP) is 4.23. The fourth-order valence-electron chi connectivity index (χ4n) is 5.31. The third kappa shape index (κ3) is 8.45. The lowest BCUT2D eigenvalue weighted by Crippen LogP contribution is -2.30. The van der Waals surface area contributed by atoms with Crippen molar-refractivity contribution >= 4 is 84.0 Å². The number of nitrogens with one attached hydrogen (secondary N) is 5. The summed E-state index contributed by atoms with van der Waals surface area (Å²) in [6, 6.07) is 17.7. The van der Waals surface area contributed by atoms with E-state index in [1.807, 2.05) is 0 Å². The number of benzene rings is 3. The second kappa shape index (κ2) is 14.7. The van der Waals surface area contributed by atoms with Crippen LogP contribution in [0.3, 0.4) is 0 Å². The van der Waals surface area contributed by atoms with Gasteiger partial charge >= 0.3 is 6.03 Å². The Morgan fingerprint density at radius 3 is 1.94 bits per heavy atom. The number of Topliss-reactive ketones (excluding diaryl/α,β-unsaturated/α-hetero) is 1. The summed E-state index contributed by atoms with van der Waals surface area (Å²) < 4.78 is 68.9. The van der Waals surface area contributed by atoms with E-state index in [0.717, 1.165) is 24.3 Å². The van der Waals surface area contributed by atoms with E-state index in [1.165, 1.54) is 31.2 Å². The molecule has 19 heteroatoms. The molecule has 7 N–H and O–H groups in total. The maximum atomic E-state index is 13.3. The highest BCUT2D eigenvalue weighted by Gasteiger charge is 2.33. The summed E-state index contributed by atoms with van der Waals surface area (Å²) in [5.74, 6) is -1.72. The molecule has 0 saturated carbocycles. The number of para-hydroxylation sites is 1. The summed E-state index contributed by atoms with van der Waals surface area (Å²) in [5, 5.41) is 15.5. The predicted molar refractivity (Wildman–Crippen MR) is 201 cm³/mol. The fourth-order valence-corrected chi connectivity index (χ4v) is 6.62. The first kappa shape index (κ1) is 37.0. The summed E-state index contributed by atoms with van der Waals surface area (Å²) in [5.41, 5.74) is 5.92. The summed E-state index contributed by atoms with van der Waals surface area (Å²) in [6.45, 7) is 1.35. The third-order valence-electron chi connectivity index (χ3n) is 7.68. The topological polar surface area (TPSA) is 262 Å². The smallest absolute Gasteiger partial charge is 0.323 e. The number of urea groups is 1. The zero-order chi connectivity index (χ0) is 38.8. The van der Waals surface area contributed by atoms with Crippen molar-refractivity contribution in [2.45, 2.75) is 6.92 Å². The molecule has 3 aromatic rings. The number of fused-ring (bicyclic) bond motifs is 2. The highest BCUT2D eigenvalue weighted by Crippen LogP contribution is 2.31. The van der Waals surface area contributed by atoms with Crippen LogP contribution in [0.5, 0.6) is 0 Å². The van der Waals surface area contributed by atoms with E-state index in [9.17, 15) is 45.1 Å². The molecule has 3 aliphatic carbocycles. The van der Waals surface area contributed by atoms with Gasteiger partial charge in [-0.2, -0.15) is 27.0 Å². The molecule has 0 saturated heterocycles. The van der Waals surface area contributed by atoms with E-state index in [-0.39, 0.29) is 45.3 Å². The highest BCUT2D eigenvalue weighted by atomic mass is 32.2. The second-order valence-corrected chi connectivity index (χ2v) is 14.4. The lowest BCUT2D eigenvalue weighted by atomic mass is 9.90. The second-order valence-electron chi connectivity index (χ2n) is 11.6. The number of carbonyl (C=O) groups excluding carboxylic acids is 4. The van der Waals surface area contributed by atoms with Crippen molar-refractivity contribution in [2.75, 3.05) is 21.5 Å². The Hall–Kier alpha value is -6.80. The minimum absolute atomic E-state index is 0.0116. The largest absolute Gasteiger partial charge is 0.326 e. The third-order valence-corrected chi connectivity index (χ3v) is 9.43. The Labute approximate surface area is 307 Å². The van der Waals surface area contributed by atoms with Gasteiger partial charge in [0.15, 0.2) is 11.5 Å². The zero-order valence-electron chi connectivity index (χ0n) is 27.7. The molecule has 54 heavy (non-hydrogen) atoms. The molecule has 3 amide bonds. The van der Waals surface area contributed by atoms with Crippen molar-refractivity contribution in [3.05, 3.63) is 135 Å². The average Bonchev–Trinajstić information content (AvgIpc) is 3.10. The van der Waals surface area contributed by atoms with Gasteiger partial charge < -0.3 is 16.0 Å². The summed E-state index contributed by atoms with van der Waals surface area (Å²) in [6.07, 6.45) is 5.56. The Balaban J connectivity index is 1.19. The number of rotatable bonds is 9. The number of ketones is 2. The average molecular weight is 770 g/mol. The van der Waals surface area contributed by atoms with Crippen LogP contribution in [0.1, 0.15) is 22.8 Å². The van der Waals surface area contributed by atoms with Crippen LogP contribution in [0.15, 0.2) is 134 Å². The summed E-state index contributed by atoms with van der Waals surface area (Å²) in [4.78, 5) is 49.2. The Kier molecular flexibility index (Phi) is 10.0. The van der Waals surface area contributed by atoms with E-state index >= 15 is 0 Å². The summed E-state index contributed by atoms with van der Waals surface area (Å²) >= 11 is 0. The molecule has 0 aliphatic heterocycles. The summed E-state index contributed by atoms with van der Waals surface area (Å²) in [7, 11) is -9.78. The molecule has 0 aromatic heterocycles. The molecule has 0 atom stereocenters. The van der Waals surface area contributed by atoms with Crippen molar-refractivity contribution in [2.24, 2.45) is 10.2 Å². The molecule has 0 unspecified atom stereocenters. The van der Waals surface area contributed by atoms with Gasteiger partial charge in [-0.1, -0.05) is 18.2 Å². The van der Waals surface area contributed by atoms with Gasteiger partial charge in [0.25, 0.3) is 20.2 Å². The number of nitrogens with zero attached hydrogens (tertiary/aromatic N) is 2. The van der Waals surface area contributed by atoms with Crippen molar-refractivity contribution in [1.82, 2.24) is 5.32 Å². The normalized spacial score (nSPS) is 16.8. The molecule has 274 valence electrons. The van der Waals surface area contributed by atoms with Crippen LogP contribution in [0, 0.1) is 0 Å². The maximum Gasteiger partial charge on any atom is 0.323 e. The molecule has 3 aromatic carbocycles. The van der Waals surface area contributed by atoms with Crippen LogP contribution >= 0.6 is 0 Å². The van der Waals surface area contributed by atoms with E-state index in [2.05, 4.69) is 37.0 Å². The number of carbonyl (C=O) groups is 4. The quantitative estimate of drug-likeness (QED) is 0.119. The molecule has 0 radical (unpaired) electrons. The Bertz CT molecular complexity index is 2590. The minimum Gasteiger partial charge on any atom is -0.326 e. The van der Waals surface area contributed by atoms with E-state index in [0.29, 0.717) is 17.1 Å². The molecule has 3 aliphatic rings. The number of anilines is 4. The standard InChI is InChI=1S/C35H27N7O10S2/c1-19(43)36-22-7-9-24(10-8-22)39-41-29-18-28-21(15-31(29)53(47,48)49)14-26(17-30(28)44)38-35(46)37-25-11-12-27-20(13-25)16-32(54(50,51)52)33(34(27)45)42-40-23-5-3-2-4-6-23/h2-18,39-40H,1H3,(H,36,43)(H2,37,38,46)(H,47,48,49)(H,50,51,52). The van der Waals surface area contributed by atoms with Crippen LogP contribution in [0.2, 0.25) is 0 Å². The molecule has 0 bridgehead atoms. The number of allylic oxidation sites excluding steroid dienone is 8. The SMILES string of the molecule is CC(=O)Nc1ccc(NN=C2C=C3C(=O)C=C(NC(=O)Nc4ccc5c(c4)C=C(S(=O)(=O)O)C(=NNc4ccccc4)C5=O)C=C3C=C2S(=O)(=O)O)cc1. The number of hydrogen-bond donors (Lipinski definition) is 7. The first-order valence-corrected chi connectivity index (χ1v) is 18.4. The molecule has 17 nitrogen and oxygen atoms in total. The molecular weight excluding hydrogens is 743 g/mol. The number of amides is 3. The van der Waals surface area contributed by atoms with Crippen LogP contribution in [-0.4, -0.2) is 60.9 Å². The van der Waals surface area contributed by atoms with Gasteiger partial charge in [0.05, 0.1) is 11.4 Å². The van der Waals surface area contributed by atoms with Crippen LogP contribution in [-0.2, 0) is 29.8 Å². The van der Waals surface area contributed by atoms with Gasteiger partial charge in [0.1, 0.15) is 15.5 Å². The van der Waals surface area contributed by atoms with Gasteiger partial charge in [-0.05, 0) is 90.0 Å². The Morgan fingerprint density at radius 2 is 1.28 bits per heavy atom. The van der Waals surface area contributed by atoms with Gasteiger partial charge in [0, 0.05) is 41.2 Å². The van der Waals surface area contributed by atoms with E-state index in [4.69, 9.17) is 0 Å². The van der Waals surface area contributed by atoms with Crippen molar-refractivity contribution < 1.29 is 45.1 Å². The molecule has 0 spiro atoms. The van der Waals surface area contributed by atoms with Crippen LogP contribution in [0.25, 0.3) is 6.08 Å². The van der Waals surface area contributed by atoms with Gasteiger partial charge in [-0.3, -0.25) is 34.3 Å². The highest BCUT2D eigenvalue weighted by molar-refractivity contribution is 7.91. The van der Waals surface area contributed by atoms with Crippen LogP contribution in [0.4, 0.5) is 27.5 Å². The fraction of sp³-hybridized carbons (Fsp3) is 0.0286.